The summed E-state index contributed by atoms with van der Waals surface area (Å²) in [4.78, 5) is 10.9. The van der Waals surface area contributed by atoms with Crippen LogP contribution in [0.1, 0.15) is 11.6 Å². The van der Waals surface area contributed by atoms with Crippen LogP contribution in [-0.4, -0.2) is 12.6 Å². The molecule has 2 N–H and O–H groups in total. The molecule has 68 valence electrons. The summed E-state index contributed by atoms with van der Waals surface area (Å²) >= 11 is 5.97. The summed E-state index contributed by atoms with van der Waals surface area (Å²) < 4.78 is 0. The van der Waals surface area contributed by atoms with Crippen LogP contribution in [0, 0.1) is 0 Å². The lowest BCUT2D eigenvalue weighted by Crippen LogP contribution is -2.21. The van der Waals surface area contributed by atoms with Crippen LogP contribution in [-0.2, 0) is 0 Å². The van der Waals surface area contributed by atoms with Gasteiger partial charge < -0.3 is 10.6 Å². The lowest BCUT2D eigenvalue weighted by molar-refractivity contribution is 0.247. The molecule has 2 rings (SSSR count). The normalized spacial score (nSPS) is 21.0. The van der Waals surface area contributed by atoms with Crippen molar-refractivity contribution in [2.75, 3.05) is 6.54 Å². The van der Waals surface area contributed by atoms with Crippen molar-refractivity contribution in [1.82, 2.24) is 10.6 Å². The molecule has 2 amide bonds. The molecule has 4 heteroatoms. The summed E-state index contributed by atoms with van der Waals surface area (Å²) in [5.74, 6) is 0. The van der Waals surface area contributed by atoms with E-state index < -0.39 is 0 Å². The van der Waals surface area contributed by atoms with Gasteiger partial charge in [0, 0.05) is 11.6 Å². The Morgan fingerprint density at radius 3 is 2.77 bits per heavy atom. The number of urea groups is 1. The first-order valence-corrected chi connectivity index (χ1v) is 4.44. The molecule has 1 heterocycles. The van der Waals surface area contributed by atoms with Gasteiger partial charge in [0.2, 0.25) is 0 Å². The average Bonchev–Trinajstić information content (AvgIpc) is 2.53. The summed E-state index contributed by atoms with van der Waals surface area (Å²) in [5.41, 5.74) is 0.961. The van der Waals surface area contributed by atoms with E-state index in [1.54, 1.807) is 0 Å². The molecule has 1 aromatic carbocycles. The minimum Gasteiger partial charge on any atom is -0.336 e. The van der Waals surface area contributed by atoms with Gasteiger partial charge >= 0.3 is 6.03 Å². The second-order valence-corrected chi connectivity index (χ2v) is 3.34. The first-order chi connectivity index (χ1) is 6.27. The maximum atomic E-state index is 10.9. The number of amides is 2. The molecule has 3 nitrogen and oxygen atoms in total. The van der Waals surface area contributed by atoms with Crippen molar-refractivity contribution in [3.63, 3.8) is 0 Å². The number of carbonyl (C=O) groups excluding carboxylic acids is 1. The van der Waals surface area contributed by atoms with Crippen LogP contribution in [0.15, 0.2) is 24.3 Å². The molecule has 1 aromatic rings. The number of carbonyl (C=O) groups is 1. The van der Waals surface area contributed by atoms with E-state index >= 15 is 0 Å². The SMILES string of the molecule is O=C1NC[C@H](c2ccccc2Cl)N1. The van der Waals surface area contributed by atoms with Crippen LogP contribution in [0.4, 0.5) is 4.79 Å². The maximum absolute atomic E-state index is 10.9. The molecule has 0 aromatic heterocycles. The van der Waals surface area contributed by atoms with E-state index in [4.69, 9.17) is 11.6 Å². The van der Waals surface area contributed by atoms with Gasteiger partial charge in [-0.3, -0.25) is 0 Å². The summed E-state index contributed by atoms with van der Waals surface area (Å²) in [6, 6.07) is 7.38. The fraction of sp³-hybridized carbons (Fsp3) is 0.222. The van der Waals surface area contributed by atoms with Crippen LogP contribution in [0.25, 0.3) is 0 Å². The molecule has 13 heavy (non-hydrogen) atoms. The summed E-state index contributed by atoms with van der Waals surface area (Å²) in [7, 11) is 0. The minimum absolute atomic E-state index is 0.00111. The second-order valence-electron chi connectivity index (χ2n) is 2.93. The molecule has 0 unspecified atom stereocenters. The Bertz CT molecular complexity index is 340. The van der Waals surface area contributed by atoms with Gasteiger partial charge in [0.05, 0.1) is 6.04 Å². The third-order valence-corrected chi connectivity index (χ3v) is 2.40. The van der Waals surface area contributed by atoms with Crippen molar-refractivity contribution in [1.29, 1.82) is 0 Å². The number of halogens is 1. The largest absolute Gasteiger partial charge is 0.336 e. The fourth-order valence-electron chi connectivity index (χ4n) is 1.40. The standard InChI is InChI=1S/C9H9ClN2O/c10-7-4-2-1-3-6(7)8-5-11-9(13)12-8/h1-4,8H,5H2,(H2,11,12,13)/t8-/m1/s1. The lowest BCUT2D eigenvalue weighted by Gasteiger charge is -2.09. The van der Waals surface area contributed by atoms with Crippen LogP contribution >= 0.6 is 11.6 Å². The molecule has 1 fully saturated rings. The minimum atomic E-state index is -0.134. The number of nitrogens with one attached hydrogen (secondary N) is 2. The zero-order chi connectivity index (χ0) is 9.26. The summed E-state index contributed by atoms with van der Waals surface area (Å²) in [6.07, 6.45) is 0. The molecule has 1 saturated heterocycles. The predicted octanol–water partition coefficient (Wildman–Crippen LogP) is 1.69. The van der Waals surface area contributed by atoms with Crippen LogP contribution in [0.2, 0.25) is 5.02 Å². The highest BCUT2D eigenvalue weighted by Gasteiger charge is 2.22. The predicted molar refractivity (Wildman–Crippen MR) is 50.7 cm³/mol. The van der Waals surface area contributed by atoms with Gasteiger partial charge in [-0.15, -0.1) is 0 Å². The highest BCUT2D eigenvalue weighted by atomic mass is 35.5. The Kier molecular flexibility index (Phi) is 2.10. The Morgan fingerprint density at radius 2 is 2.15 bits per heavy atom. The zero-order valence-electron chi connectivity index (χ0n) is 6.88. The highest BCUT2D eigenvalue weighted by molar-refractivity contribution is 6.31. The molecule has 0 aliphatic carbocycles. The second kappa shape index (κ2) is 3.26. The lowest BCUT2D eigenvalue weighted by atomic mass is 10.1. The van der Waals surface area contributed by atoms with E-state index in [1.807, 2.05) is 24.3 Å². The smallest absolute Gasteiger partial charge is 0.315 e. The topological polar surface area (TPSA) is 41.1 Å². The van der Waals surface area contributed by atoms with Gasteiger partial charge in [-0.2, -0.15) is 0 Å². The molecule has 1 atom stereocenters. The number of hydrogen-bond donors (Lipinski definition) is 2. The number of hydrogen-bond acceptors (Lipinski definition) is 1. The quantitative estimate of drug-likeness (QED) is 0.705. The molecule has 1 aliphatic rings. The Balaban J connectivity index is 2.26. The van der Waals surface area contributed by atoms with Crippen LogP contribution in [0.5, 0.6) is 0 Å². The van der Waals surface area contributed by atoms with Gasteiger partial charge in [0.15, 0.2) is 0 Å². The Hall–Kier alpha value is -1.22. The Morgan fingerprint density at radius 1 is 1.38 bits per heavy atom. The van der Waals surface area contributed by atoms with E-state index in [0.29, 0.717) is 11.6 Å². The van der Waals surface area contributed by atoms with E-state index in [1.165, 1.54) is 0 Å². The van der Waals surface area contributed by atoms with Gasteiger partial charge in [-0.05, 0) is 11.6 Å². The third-order valence-electron chi connectivity index (χ3n) is 2.05. The van der Waals surface area contributed by atoms with Crippen molar-refractivity contribution >= 4 is 17.6 Å². The van der Waals surface area contributed by atoms with E-state index in [2.05, 4.69) is 10.6 Å². The maximum Gasteiger partial charge on any atom is 0.315 e. The molecule has 0 radical (unpaired) electrons. The molecule has 0 spiro atoms. The zero-order valence-corrected chi connectivity index (χ0v) is 7.64. The van der Waals surface area contributed by atoms with Crippen LogP contribution in [0.3, 0.4) is 0 Å². The first-order valence-electron chi connectivity index (χ1n) is 4.06. The third kappa shape index (κ3) is 1.60. The van der Waals surface area contributed by atoms with Crippen molar-refractivity contribution < 1.29 is 4.79 Å². The van der Waals surface area contributed by atoms with Gasteiger partial charge in [-0.25, -0.2) is 4.79 Å². The average molecular weight is 197 g/mol. The number of rotatable bonds is 1. The van der Waals surface area contributed by atoms with Crippen LogP contribution < -0.4 is 10.6 Å². The first kappa shape index (κ1) is 8.38. The molecular formula is C9H9ClN2O. The molecular weight excluding hydrogens is 188 g/mol. The van der Waals surface area contributed by atoms with Crippen molar-refractivity contribution in [2.45, 2.75) is 6.04 Å². The van der Waals surface area contributed by atoms with E-state index in [-0.39, 0.29) is 12.1 Å². The monoisotopic (exact) mass is 196 g/mol. The summed E-state index contributed by atoms with van der Waals surface area (Å²) in [6.45, 7) is 0.600. The Labute approximate surface area is 81.1 Å². The molecule has 1 aliphatic heterocycles. The van der Waals surface area contributed by atoms with Crippen molar-refractivity contribution in [2.24, 2.45) is 0 Å². The van der Waals surface area contributed by atoms with Crippen molar-refractivity contribution in [3.8, 4) is 0 Å². The van der Waals surface area contributed by atoms with E-state index in [9.17, 15) is 4.79 Å². The highest BCUT2D eigenvalue weighted by Crippen LogP contribution is 2.23. The van der Waals surface area contributed by atoms with E-state index in [0.717, 1.165) is 5.56 Å². The van der Waals surface area contributed by atoms with Gasteiger partial charge in [-0.1, -0.05) is 29.8 Å². The van der Waals surface area contributed by atoms with Gasteiger partial charge in [0.25, 0.3) is 0 Å². The summed E-state index contributed by atoms with van der Waals surface area (Å²) in [5, 5.41) is 6.15. The molecule has 0 bridgehead atoms. The fourth-order valence-corrected chi connectivity index (χ4v) is 1.67. The molecule has 0 saturated carbocycles. The van der Waals surface area contributed by atoms with Crippen molar-refractivity contribution in [3.05, 3.63) is 34.9 Å². The van der Waals surface area contributed by atoms with Gasteiger partial charge in [0.1, 0.15) is 0 Å². The number of benzene rings is 1.